The summed E-state index contributed by atoms with van der Waals surface area (Å²) in [6.45, 7) is 7.35. The molecule has 1 fully saturated rings. The summed E-state index contributed by atoms with van der Waals surface area (Å²) in [4.78, 5) is 21.2. The Labute approximate surface area is 172 Å². The summed E-state index contributed by atoms with van der Waals surface area (Å²) in [6, 6.07) is 11.9. The van der Waals surface area contributed by atoms with E-state index in [1.807, 2.05) is 44.2 Å². The first-order valence-electron chi connectivity index (χ1n) is 10.0. The van der Waals surface area contributed by atoms with Gasteiger partial charge in [-0.05, 0) is 24.1 Å². The third-order valence-electron chi connectivity index (χ3n) is 5.23. The largest absolute Gasteiger partial charge is 0.495 e. The van der Waals surface area contributed by atoms with Gasteiger partial charge >= 0.3 is 0 Å². The van der Waals surface area contributed by atoms with Gasteiger partial charge in [-0.1, -0.05) is 32.0 Å². The standard InChI is InChI=1S/C22H30N4O3/c1-16(2)20(27)22(28)24-15-17-7-6-10-23-21(17)26-13-11-25(12-14-26)18-8-4-5-9-19(18)29-3/h4-10,16,20,27H,11-15H2,1-3H3,(H,24,28)/t20-/m0/s1. The van der Waals surface area contributed by atoms with Gasteiger partial charge in [-0.2, -0.15) is 0 Å². The van der Waals surface area contributed by atoms with Gasteiger partial charge in [-0.25, -0.2) is 4.98 Å². The first kappa shape index (κ1) is 20.9. The zero-order valence-electron chi connectivity index (χ0n) is 17.3. The molecule has 0 radical (unpaired) electrons. The number of methoxy groups -OCH3 is 1. The van der Waals surface area contributed by atoms with E-state index in [1.54, 1.807) is 13.3 Å². The number of carbonyl (C=O) groups is 1. The topological polar surface area (TPSA) is 77.9 Å². The fourth-order valence-electron chi connectivity index (χ4n) is 3.49. The number of nitrogens with one attached hydrogen (secondary N) is 1. The van der Waals surface area contributed by atoms with E-state index in [4.69, 9.17) is 4.74 Å². The van der Waals surface area contributed by atoms with Gasteiger partial charge < -0.3 is 25.0 Å². The summed E-state index contributed by atoms with van der Waals surface area (Å²) in [6.07, 6.45) is 0.774. The van der Waals surface area contributed by atoms with Crippen molar-refractivity contribution in [2.75, 3.05) is 43.1 Å². The molecule has 0 spiro atoms. The molecule has 1 amide bonds. The number of amides is 1. The summed E-state index contributed by atoms with van der Waals surface area (Å²) >= 11 is 0. The van der Waals surface area contributed by atoms with Crippen LogP contribution in [0.2, 0.25) is 0 Å². The molecule has 1 aromatic heterocycles. The lowest BCUT2D eigenvalue weighted by Gasteiger charge is -2.37. The number of hydrogen-bond acceptors (Lipinski definition) is 6. The number of piperazine rings is 1. The maximum absolute atomic E-state index is 12.1. The number of benzene rings is 1. The predicted molar refractivity (Wildman–Crippen MR) is 114 cm³/mol. The van der Waals surface area contributed by atoms with E-state index >= 15 is 0 Å². The Morgan fingerprint density at radius 2 is 1.83 bits per heavy atom. The average molecular weight is 399 g/mol. The van der Waals surface area contributed by atoms with E-state index in [0.29, 0.717) is 6.54 Å². The van der Waals surface area contributed by atoms with Gasteiger partial charge in [0.2, 0.25) is 5.91 Å². The Balaban J connectivity index is 1.65. The quantitative estimate of drug-likeness (QED) is 0.743. The van der Waals surface area contributed by atoms with Crippen LogP contribution < -0.4 is 19.9 Å². The number of aliphatic hydroxyl groups is 1. The number of carbonyl (C=O) groups excluding carboxylic acids is 1. The highest BCUT2D eigenvalue weighted by molar-refractivity contribution is 5.80. The number of hydrogen-bond donors (Lipinski definition) is 2. The third kappa shape index (κ3) is 4.98. The molecular weight excluding hydrogens is 368 g/mol. The number of rotatable bonds is 7. The van der Waals surface area contributed by atoms with Crippen molar-refractivity contribution < 1.29 is 14.6 Å². The van der Waals surface area contributed by atoms with Gasteiger partial charge in [0.25, 0.3) is 0 Å². The SMILES string of the molecule is COc1ccccc1N1CCN(c2ncccc2CNC(=O)[C@@H](O)C(C)C)CC1. The van der Waals surface area contributed by atoms with Crippen LogP contribution in [0.15, 0.2) is 42.6 Å². The average Bonchev–Trinajstić information content (AvgIpc) is 2.77. The minimum Gasteiger partial charge on any atom is -0.495 e. The molecule has 1 aromatic carbocycles. The zero-order valence-corrected chi connectivity index (χ0v) is 17.3. The lowest BCUT2D eigenvalue weighted by molar-refractivity contribution is -0.131. The number of pyridine rings is 1. The van der Waals surface area contributed by atoms with Gasteiger partial charge in [0.05, 0.1) is 12.8 Å². The van der Waals surface area contributed by atoms with Crippen molar-refractivity contribution >= 4 is 17.4 Å². The molecule has 0 saturated carbocycles. The number of para-hydroxylation sites is 2. The molecule has 7 nitrogen and oxygen atoms in total. The Hall–Kier alpha value is -2.80. The molecule has 0 aliphatic carbocycles. The molecule has 156 valence electrons. The van der Waals surface area contributed by atoms with E-state index in [1.165, 1.54) is 0 Å². The molecule has 7 heteroatoms. The van der Waals surface area contributed by atoms with Crippen molar-refractivity contribution in [1.82, 2.24) is 10.3 Å². The summed E-state index contributed by atoms with van der Waals surface area (Å²) in [7, 11) is 1.69. The van der Waals surface area contributed by atoms with Crippen molar-refractivity contribution in [1.29, 1.82) is 0 Å². The highest BCUT2D eigenvalue weighted by Crippen LogP contribution is 2.29. The Morgan fingerprint density at radius 1 is 1.14 bits per heavy atom. The van der Waals surface area contributed by atoms with E-state index < -0.39 is 6.10 Å². The maximum atomic E-state index is 12.1. The van der Waals surface area contributed by atoms with Gasteiger partial charge in [-0.3, -0.25) is 4.79 Å². The number of anilines is 2. The number of nitrogens with zero attached hydrogens (tertiary/aromatic N) is 3. The molecule has 29 heavy (non-hydrogen) atoms. The van der Waals surface area contributed by atoms with Crippen molar-refractivity contribution in [3.63, 3.8) is 0 Å². The second-order valence-corrected chi connectivity index (χ2v) is 7.54. The molecule has 2 N–H and O–H groups in total. The summed E-state index contributed by atoms with van der Waals surface area (Å²) in [5.74, 6) is 1.29. The Bertz CT molecular complexity index is 819. The highest BCUT2D eigenvalue weighted by Gasteiger charge is 2.23. The third-order valence-corrected chi connectivity index (χ3v) is 5.23. The second-order valence-electron chi connectivity index (χ2n) is 7.54. The minimum atomic E-state index is -1.00. The van der Waals surface area contributed by atoms with Crippen molar-refractivity contribution in [3.05, 3.63) is 48.2 Å². The lowest BCUT2D eigenvalue weighted by Crippen LogP contribution is -2.47. The first-order chi connectivity index (χ1) is 14.0. The minimum absolute atomic E-state index is 0.119. The van der Waals surface area contributed by atoms with Crippen molar-refractivity contribution in [2.24, 2.45) is 5.92 Å². The Morgan fingerprint density at radius 3 is 2.52 bits per heavy atom. The number of aliphatic hydroxyl groups excluding tert-OH is 1. The van der Waals surface area contributed by atoms with Crippen molar-refractivity contribution in [3.8, 4) is 5.75 Å². The second kappa shape index (κ2) is 9.60. The van der Waals surface area contributed by atoms with E-state index in [-0.39, 0.29) is 11.8 Å². The van der Waals surface area contributed by atoms with Crippen LogP contribution in [0.4, 0.5) is 11.5 Å². The first-order valence-corrected chi connectivity index (χ1v) is 10.0. The lowest BCUT2D eigenvalue weighted by atomic mass is 10.1. The normalized spacial score (nSPS) is 15.3. The number of aromatic nitrogens is 1. The zero-order chi connectivity index (χ0) is 20.8. The van der Waals surface area contributed by atoms with Crippen LogP contribution in [-0.4, -0.2) is 55.4 Å². The van der Waals surface area contributed by atoms with Crippen LogP contribution in [0.5, 0.6) is 5.75 Å². The molecule has 0 unspecified atom stereocenters. The summed E-state index contributed by atoms with van der Waals surface area (Å²) in [5.41, 5.74) is 2.05. The molecule has 2 heterocycles. The van der Waals surface area contributed by atoms with Crippen LogP contribution >= 0.6 is 0 Å². The molecule has 1 aliphatic rings. The monoisotopic (exact) mass is 398 g/mol. The molecule has 1 atom stereocenters. The summed E-state index contributed by atoms with van der Waals surface area (Å²) < 4.78 is 5.49. The fraction of sp³-hybridized carbons (Fsp3) is 0.455. The van der Waals surface area contributed by atoms with E-state index in [0.717, 1.165) is 49.0 Å². The van der Waals surface area contributed by atoms with Gasteiger partial charge in [0, 0.05) is 44.5 Å². The fourth-order valence-corrected chi connectivity index (χ4v) is 3.49. The van der Waals surface area contributed by atoms with Gasteiger partial charge in [-0.15, -0.1) is 0 Å². The van der Waals surface area contributed by atoms with E-state index in [9.17, 15) is 9.90 Å². The van der Waals surface area contributed by atoms with Crippen LogP contribution in [0.1, 0.15) is 19.4 Å². The van der Waals surface area contributed by atoms with Gasteiger partial charge in [0.15, 0.2) is 0 Å². The molecule has 1 aliphatic heterocycles. The van der Waals surface area contributed by atoms with Crippen LogP contribution in [0.25, 0.3) is 0 Å². The summed E-state index contributed by atoms with van der Waals surface area (Å²) in [5, 5.41) is 12.7. The predicted octanol–water partition coefficient (Wildman–Crippen LogP) is 2.05. The maximum Gasteiger partial charge on any atom is 0.249 e. The van der Waals surface area contributed by atoms with Crippen LogP contribution in [-0.2, 0) is 11.3 Å². The molecule has 1 saturated heterocycles. The van der Waals surface area contributed by atoms with Gasteiger partial charge in [0.1, 0.15) is 17.7 Å². The molecule has 2 aromatic rings. The highest BCUT2D eigenvalue weighted by atomic mass is 16.5. The Kier molecular flexibility index (Phi) is 6.93. The van der Waals surface area contributed by atoms with E-state index in [2.05, 4.69) is 26.2 Å². The smallest absolute Gasteiger partial charge is 0.249 e. The number of ether oxygens (including phenoxy) is 1. The molecule has 0 bridgehead atoms. The molecule has 3 rings (SSSR count). The van der Waals surface area contributed by atoms with Crippen molar-refractivity contribution in [2.45, 2.75) is 26.5 Å². The van der Waals surface area contributed by atoms with Crippen LogP contribution in [0.3, 0.4) is 0 Å². The van der Waals surface area contributed by atoms with Crippen LogP contribution in [0, 0.1) is 5.92 Å². The molecular formula is C22H30N4O3.